The van der Waals surface area contributed by atoms with Crippen molar-refractivity contribution in [3.63, 3.8) is 0 Å². The van der Waals surface area contributed by atoms with Gasteiger partial charge in [0.1, 0.15) is 5.82 Å². The van der Waals surface area contributed by atoms with Crippen LogP contribution in [0.1, 0.15) is 154 Å². The number of imidazole rings is 1. The number of hydrogen-bond donors (Lipinski definition) is 0. The van der Waals surface area contributed by atoms with Crippen molar-refractivity contribution in [2.24, 2.45) is 0 Å². The molecule has 0 radical (unpaired) electrons. The molecule has 0 saturated heterocycles. The molecular weight excluding hydrogens is 1120 g/mol. The van der Waals surface area contributed by atoms with Gasteiger partial charge in [0.25, 0.3) is 6.33 Å². The van der Waals surface area contributed by atoms with Crippen molar-refractivity contribution in [3.05, 3.63) is 245 Å². The molecule has 0 fully saturated rings. The fourth-order valence-electron chi connectivity index (χ4n) is 11.2. The predicted octanol–water partition coefficient (Wildman–Crippen LogP) is 17.3. The van der Waals surface area contributed by atoms with Crippen LogP contribution in [0.5, 0.6) is 11.5 Å². The van der Waals surface area contributed by atoms with Crippen LogP contribution in [-0.4, -0.2) is 14.1 Å². The van der Waals surface area contributed by atoms with Gasteiger partial charge in [-0.25, -0.2) is 4.98 Å². The number of para-hydroxylation sites is 1. The summed E-state index contributed by atoms with van der Waals surface area (Å²) in [4.78, 5) is 5.06. The van der Waals surface area contributed by atoms with Crippen LogP contribution < -0.4 is 9.30 Å². The summed E-state index contributed by atoms with van der Waals surface area (Å²) in [6.07, 6.45) is 5.91. The van der Waals surface area contributed by atoms with E-state index in [2.05, 4.69) is 300 Å². The Balaban J connectivity index is 0.00000722. The third-order valence-corrected chi connectivity index (χ3v) is 15.8. The zero-order valence-corrected chi connectivity index (χ0v) is 50.0. The van der Waals surface area contributed by atoms with Crippen molar-refractivity contribution in [1.82, 2.24) is 14.1 Å². The van der Waals surface area contributed by atoms with E-state index in [1.54, 1.807) is 0 Å². The Kier molecular flexibility index (Phi) is 14.4. The fraction of sp³-hybridized carbons (Fsp3) is 0.296. The van der Waals surface area contributed by atoms with E-state index in [0.717, 1.165) is 44.7 Å². The molecule has 0 amide bonds. The number of ether oxygens (including phenoxy) is 1. The van der Waals surface area contributed by atoms with Gasteiger partial charge in [0.15, 0.2) is 0 Å². The Hall–Kier alpha value is -6.81. The summed E-state index contributed by atoms with van der Waals surface area (Å²) in [5.74, 6) is 2.03. The van der Waals surface area contributed by atoms with Gasteiger partial charge >= 0.3 is 0 Å². The molecule has 396 valence electrons. The third kappa shape index (κ3) is 10.3. The molecule has 0 aliphatic rings. The first-order valence-electron chi connectivity index (χ1n) is 27.0. The van der Waals surface area contributed by atoms with Gasteiger partial charge in [0, 0.05) is 60.5 Å². The Morgan fingerprint density at radius 3 is 1.53 bits per heavy atom. The molecule has 0 aliphatic heterocycles. The summed E-state index contributed by atoms with van der Waals surface area (Å²) in [7, 11) is 0. The van der Waals surface area contributed by atoms with Gasteiger partial charge in [-0.2, -0.15) is 12.1 Å². The van der Waals surface area contributed by atoms with Crippen molar-refractivity contribution in [3.8, 4) is 28.7 Å². The summed E-state index contributed by atoms with van der Waals surface area (Å²) < 4.78 is 13.9. The molecule has 0 N–H and O–H groups in total. The van der Waals surface area contributed by atoms with Gasteiger partial charge in [-0.05, 0) is 91.0 Å². The average Bonchev–Trinajstić information content (AvgIpc) is 4.16. The van der Waals surface area contributed by atoms with Crippen LogP contribution in [0.4, 0.5) is 0 Å². The summed E-state index contributed by atoms with van der Waals surface area (Å²) in [5.41, 5.74) is 13.2. The topological polar surface area (TPSA) is 35.9 Å². The monoisotopic (exact) mass is 1190 g/mol. The first-order chi connectivity index (χ1) is 35.8. The summed E-state index contributed by atoms with van der Waals surface area (Å²) in [6.45, 7) is 34.6. The zero-order chi connectivity index (χ0) is 54.2. The van der Waals surface area contributed by atoms with Crippen LogP contribution in [0, 0.1) is 18.5 Å². The largest absolute Gasteiger partial charge is 0.510 e. The fourth-order valence-corrected chi connectivity index (χ4v) is 11.2. The van der Waals surface area contributed by atoms with Gasteiger partial charge in [-0.3, -0.25) is 4.57 Å². The number of rotatable bonds is 11. The number of benzene rings is 7. The van der Waals surface area contributed by atoms with E-state index < -0.39 is 0 Å². The minimum Gasteiger partial charge on any atom is -0.510 e. The average molecular weight is 1190 g/mol. The Labute approximate surface area is 473 Å². The molecule has 0 bridgehead atoms. The van der Waals surface area contributed by atoms with Crippen LogP contribution in [0.2, 0.25) is 0 Å². The third-order valence-electron chi connectivity index (χ3n) is 15.8. The minimum absolute atomic E-state index is 0. The number of aromatic nitrogens is 4. The van der Waals surface area contributed by atoms with E-state index in [1.807, 2.05) is 12.3 Å². The minimum atomic E-state index is -0.294. The summed E-state index contributed by atoms with van der Waals surface area (Å²) >= 11 is 0. The van der Waals surface area contributed by atoms with E-state index in [0.29, 0.717) is 11.5 Å². The first-order valence-corrected chi connectivity index (χ1v) is 27.0. The number of fused-ring (bicyclic) bond motifs is 3. The van der Waals surface area contributed by atoms with Crippen LogP contribution in [0.25, 0.3) is 39.0 Å². The molecule has 77 heavy (non-hydrogen) atoms. The van der Waals surface area contributed by atoms with Gasteiger partial charge in [-0.1, -0.05) is 230 Å². The smallest absolute Gasteiger partial charge is 0.267 e. The number of hydrogen-bond acceptors (Lipinski definition) is 2. The molecule has 6 heteroatoms. The number of nitrogens with zero attached hydrogens (tertiary/aromatic N) is 4. The zero-order valence-electron chi connectivity index (χ0n) is 47.8. The van der Waals surface area contributed by atoms with E-state index >= 15 is 0 Å². The molecule has 10 rings (SSSR count). The summed E-state index contributed by atoms with van der Waals surface area (Å²) in [6, 6.07) is 68.6. The standard InChI is InChI=1S/C71H74N4O.Pt/c1-66(2,3)59-45-57(46-61-63(59)58-36-25-26-37-60(58)75(61)62-43-51(38-39-72-62)69(10,11)48-28-19-16-20-29-48)76-56-35-27-34-54(44-56)73-47-74(65(68(7,8)9)64(73)67(4,5)6)55-41-52(70(12,13)49-30-21-17-22-31-49)40-53(42-55)71(14,15)50-32-23-18-24-33-50;/h16-43,45H,1-15H3;/q-2;. The molecule has 3 heterocycles. The molecule has 0 saturated carbocycles. The molecule has 0 unspecified atom stereocenters. The van der Waals surface area contributed by atoms with Crippen molar-refractivity contribution in [1.29, 1.82) is 0 Å². The normalized spacial score (nSPS) is 12.8. The van der Waals surface area contributed by atoms with E-state index in [-0.39, 0.29) is 53.6 Å². The van der Waals surface area contributed by atoms with E-state index in [9.17, 15) is 0 Å². The Bertz CT molecular complexity index is 3680. The van der Waals surface area contributed by atoms with Crippen molar-refractivity contribution in [2.75, 3.05) is 0 Å². The molecule has 0 aliphatic carbocycles. The van der Waals surface area contributed by atoms with Crippen molar-refractivity contribution in [2.45, 2.75) is 136 Å². The van der Waals surface area contributed by atoms with Gasteiger partial charge in [-0.15, -0.1) is 29.8 Å². The maximum absolute atomic E-state index is 7.03. The molecule has 3 aromatic heterocycles. The van der Waals surface area contributed by atoms with Crippen LogP contribution in [0.15, 0.2) is 176 Å². The second-order valence-electron chi connectivity index (χ2n) is 25.5. The molecule has 0 atom stereocenters. The maximum atomic E-state index is 7.03. The molecule has 0 spiro atoms. The number of pyridine rings is 1. The maximum Gasteiger partial charge on any atom is 0.267 e. The van der Waals surface area contributed by atoms with Gasteiger partial charge < -0.3 is 13.9 Å². The second kappa shape index (κ2) is 20.2. The molecular formula is C71H74N4OPt-2. The SMILES string of the molecule is CC(C)(C)c1cc(Oc2[c-]c(-n3[c-][n+](-c4cc(C(C)(C)c5ccccc5)cc(C(C)(C)c5ccccc5)c4)c(C(C)(C)C)c3C(C)(C)C)ccc2)[c-]c2c1c1ccccc1n2-c1cc(C(C)(C)c2ccccc2)ccn1.[Pt]. The van der Waals surface area contributed by atoms with Gasteiger partial charge in [0.2, 0.25) is 0 Å². The predicted molar refractivity (Wildman–Crippen MR) is 314 cm³/mol. The molecule has 10 aromatic rings. The van der Waals surface area contributed by atoms with Crippen molar-refractivity contribution < 1.29 is 30.4 Å². The molecule has 5 nitrogen and oxygen atoms in total. The second-order valence-corrected chi connectivity index (χ2v) is 25.5. The van der Waals surface area contributed by atoms with Crippen LogP contribution >= 0.6 is 0 Å². The Morgan fingerprint density at radius 2 is 1.00 bits per heavy atom. The van der Waals surface area contributed by atoms with Gasteiger partial charge in [0.05, 0.1) is 17.1 Å². The Morgan fingerprint density at radius 1 is 0.468 bits per heavy atom. The van der Waals surface area contributed by atoms with E-state index in [4.69, 9.17) is 9.72 Å². The molecule has 7 aromatic carbocycles. The van der Waals surface area contributed by atoms with E-state index in [1.165, 1.54) is 44.6 Å². The summed E-state index contributed by atoms with van der Waals surface area (Å²) in [5, 5.41) is 2.30. The quantitative estimate of drug-likeness (QED) is 0.0956. The van der Waals surface area contributed by atoms with Crippen LogP contribution in [-0.2, 0) is 53.6 Å². The van der Waals surface area contributed by atoms with Crippen LogP contribution in [0.3, 0.4) is 0 Å². The van der Waals surface area contributed by atoms with Crippen molar-refractivity contribution >= 4 is 21.8 Å². The first kappa shape index (κ1) is 55.0.